The fourth-order valence-electron chi connectivity index (χ4n) is 1.46. The minimum Gasteiger partial charge on any atom is -0.462 e. The van der Waals surface area contributed by atoms with Crippen LogP contribution in [-0.2, 0) is 10.9 Å². The van der Waals surface area contributed by atoms with Crippen molar-refractivity contribution in [1.82, 2.24) is 4.90 Å². The molecule has 0 saturated heterocycles. The van der Waals surface area contributed by atoms with Crippen LogP contribution in [-0.4, -0.2) is 37.9 Å². The van der Waals surface area contributed by atoms with Crippen LogP contribution in [0.25, 0.3) is 0 Å². The quantitative estimate of drug-likeness (QED) is 0.481. The summed E-state index contributed by atoms with van der Waals surface area (Å²) in [5.74, 6) is -0.794. The smallest absolute Gasteiger partial charge is 0.418 e. The lowest BCUT2D eigenvalue weighted by Crippen LogP contribution is -2.11. The summed E-state index contributed by atoms with van der Waals surface area (Å²) in [5, 5.41) is -0.388. The van der Waals surface area contributed by atoms with Crippen molar-refractivity contribution < 1.29 is 22.7 Å². The van der Waals surface area contributed by atoms with E-state index in [1.54, 1.807) is 21.0 Å². The van der Waals surface area contributed by atoms with Crippen molar-refractivity contribution in [1.29, 1.82) is 0 Å². The maximum Gasteiger partial charge on any atom is 0.418 e. The van der Waals surface area contributed by atoms with Gasteiger partial charge in [-0.3, -0.25) is 0 Å². The number of alkyl halides is 3. The second-order valence-corrected chi connectivity index (χ2v) is 4.63. The molecule has 0 fully saturated rings. The van der Waals surface area contributed by atoms with E-state index in [-0.39, 0.29) is 17.2 Å². The van der Waals surface area contributed by atoms with Crippen LogP contribution in [0.3, 0.4) is 0 Å². The van der Waals surface area contributed by atoms with Crippen LogP contribution in [0.5, 0.6) is 0 Å². The highest BCUT2D eigenvalue weighted by molar-refractivity contribution is 6.36. The predicted molar refractivity (Wildman–Crippen MR) is 74.2 cm³/mol. The molecule has 0 atom stereocenters. The summed E-state index contributed by atoms with van der Waals surface area (Å²) in [6.45, 7) is 1.67. The second-order valence-electron chi connectivity index (χ2n) is 4.25. The van der Waals surface area contributed by atoms with Crippen molar-refractivity contribution >= 4 is 29.6 Å². The molecule has 0 saturated carbocycles. The van der Waals surface area contributed by atoms with Gasteiger partial charge >= 0.3 is 12.1 Å². The summed E-state index contributed by atoms with van der Waals surface area (Å²) in [6.07, 6.45) is -3.46. The summed E-state index contributed by atoms with van der Waals surface area (Å²) < 4.78 is 43.7. The number of hydrogen-bond acceptors (Lipinski definition) is 3. The summed E-state index contributed by atoms with van der Waals surface area (Å²) in [7, 11) is 3.19. The van der Waals surface area contributed by atoms with E-state index < -0.39 is 23.4 Å². The molecule has 0 amide bonds. The van der Waals surface area contributed by atoms with Gasteiger partial charge in [-0.15, -0.1) is 0 Å². The normalized spacial score (nSPS) is 11.8. The van der Waals surface area contributed by atoms with Crippen molar-refractivity contribution in [3.05, 3.63) is 28.3 Å². The van der Waals surface area contributed by atoms with Gasteiger partial charge in [0, 0.05) is 14.1 Å². The lowest BCUT2D eigenvalue weighted by atomic mass is 10.1. The van der Waals surface area contributed by atoms with E-state index >= 15 is 0 Å². The Bertz CT molecular complexity index is 557. The summed E-state index contributed by atoms with van der Waals surface area (Å²) in [5.41, 5.74) is -1.68. The van der Waals surface area contributed by atoms with Crippen LogP contribution >= 0.6 is 11.6 Å². The molecule has 0 spiro atoms. The standard InChI is InChI=1S/C13H14ClF3N2O2/c1-4-21-12(20)8-5-6-9(13(15,16)17)11(10(8)14)18-7-19(2)3/h5-7H,4H2,1-3H3/b18-7+. The fraction of sp³-hybridized carbons (Fsp3) is 0.385. The van der Waals surface area contributed by atoms with E-state index in [0.717, 1.165) is 12.1 Å². The highest BCUT2D eigenvalue weighted by Gasteiger charge is 2.35. The number of rotatable bonds is 4. The Morgan fingerprint density at radius 3 is 2.52 bits per heavy atom. The Hall–Kier alpha value is -1.76. The number of benzene rings is 1. The van der Waals surface area contributed by atoms with Crippen LogP contribution in [0.15, 0.2) is 17.1 Å². The molecule has 116 valence electrons. The second kappa shape index (κ2) is 6.80. The zero-order valence-corrected chi connectivity index (χ0v) is 12.4. The summed E-state index contributed by atoms with van der Waals surface area (Å²) in [4.78, 5) is 16.8. The number of carbonyl (C=O) groups is 1. The van der Waals surface area contributed by atoms with Crippen molar-refractivity contribution in [3.8, 4) is 0 Å². The largest absolute Gasteiger partial charge is 0.462 e. The van der Waals surface area contributed by atoms with Crippen molar-refractivity contribution in [2.75, 3.05) is 20.7 Å². The number of aliphatic imine (C=N–C) groups is 1. The molecule has 0 unspecified atom stereocenters. The Kier molecular flexibility index (Phi) is 5.60. The van der Waals surface area contributed by atoms with Crippen molar-refractivity contribution in [2.45, 2.75) is 13.1 Å². The van der Waals surface area contributed by atoms with Gasteiger partial charge in [0.15, 0.2) is 0 Å². The molecule has 8 heteroatoms. The first kappa shape index (κ1) is 17.3. The van der Waals surface area contributed by atoms with Crippen molar-refractivity contribution in [2.24, 2.45) is 4.99 Å². The molecule has 0 aliphatic rings. The van der Waals surface area contributed by atoms with Gasteiger partial charge < -0.3 is 9.64 Å². The molecule has 4 nitrogen and oxygen atoms in total. The Morgan fingerprint density at radius 2 is 2.05 bits per heavy atom. The first-order chi connectivity index (χ1) is 9.68. The fourth-order valence-corrected chi connectivity index (χ4v) is 1.75. The lowest BCUT2D eigenvalue weighted by Gasteiger charge is -2.14. The number of hydrogen-bond donors (Lipinski definition) is 0. The van der Waals surface area contributed by atoms with Gasteiger partial charge in [0.2, 0.25) is 0 Å². The van der Waals surface area contributed by atoms with Gasteiger partial charge in [0.25, 0.3) is 0 Å². The highest BCUT2D eigenvalue weighted by Crippen LogP contribution is 2.41. The van der Waals surface area contributed by atoms with Crippen LogP contribution in [0.4, 0.5) is 18.9 Å². The molecular weight excluding hydrogens is 309 g/mol. The zero-order chi connectivity index (χ0) is 16.2. The van der Waals surface area contributed by atoms with Gasteiger partial charge in [-0.05, 0) is 19.1 Å². The molecule has 0 radical (unpaired) electrons. The Morgan fingerprint density at radius 1 is 1.43 bits per heavy atom. The van der Waals surface area contributed by atoms with Crippen LogP contribution < -0.4 is 0 Å². The minimum absolute atomic E-state index is 0.0898. The van der Waals surface area contributed by atoms with E-state index in [9.17, 15) is 18.0 Å². The number of ether oxygens (including phenoxy) is 1. The molecular formula is C13H14ClF3N2O2. The van der Waals surface area contributed by atoms with E-state index in [0.29, 0.717) is 0 Å². The third-order valence-corrected chi connectivity index (χ3v) is 2.72. The van der Waals surface area contributed by atoms with E-state index in [2.05, 4.69) is 4.99 Å². The molecule has 1 aromatic rings. The number of halogens is 4. The van der Waals surface area contributed by atoms with Gasteiger partial charge in [0.05, 0.1) is 34.8 Å². The molecule has 0 N–H and O–H groups in total. The van der Waals surface area contributed by atoms with E-state index in [1.165, 1.54) is 11.2 Å². The van der Waals surface area contributed by atoms with E-state index in [4.69, 9.17) is 16.3 Å². The average Bonchev–Trinajstić information content (AvgIpc) is 2.35. The average molecular weight is 323 g/mol. The molecule has 1 aromatic carbocycles. The van der Waals surface area contributed by atoms with Crippen molar-refractivity contribution in [3.63, 3.8) is 0 Å². The predicted octanol–water partition coefficient (Wildman–Crippen LogP) is 3.76. The Balaban J connectivity index is 3.44. The molecule has 0 aromatic heterocycles. The maximum atomic E-state index is 13.0. The SMILES string of the molecule is CCOC(=O)c1ccc(C(F)(F)F)c(/N=C/N(C)C)c1Cl. The van der Waals surface area contributed by atoms with Gasteiger partial charge in [-0.2, -0.15) is 13.2 Å². The third kappa shape index (κ3) is 4.35. The zero-order valence-electron chi connectivity index (χ0n) is 11.7. The minimum atomic E-state index is -4.63. The lowest BCUT2D eigenvalue weighted by molar-refractivity contribution is -0.137. The van der Waals surface area contributed by atoms with E-state index in [1.807, 2.05) is 0 Å². The summed E-state index contributed by atoms with van der Waals surface area (Å²) in [6, 6.07) is 1.75. The molecule has 0 aliphatic carbocycles. The monoisotopic (exact) mass is 322 g/mol. The van der Waals surface area contributed by atoms with Gasteiger partial charge in [0.1, 0.15) is 0 Å². The number of nitrogens with zero attached hydrogens (tertiary/aromatic N) is 2. The summed E-state index contributed by atoms with van der Waals surface area (Å²) >= 11 is 5.90. The number of carbonyl (C=O) groups excluding carboxylic acids is 1. The third-order valence-electron chi connectivity index (χ3n) is 2.33. The van der Waals surface area contributed by atoms with Crippen LogP contribution in [0.2, 0.25) is 5.02 Å². The molecule has 0 aliphatic heterocycles. The van der Waals surface area contributed by atoms with Crippen LogP contribution in [0.1, 0.15) is 22.8 Å². The maximum absolute atomic E-state index is 13.0. The molecule has 0 bridgehead atoms. The number of esters is 1. The van der Waals surface area contributed by atoms with Gasteiger partial charge in [-0.1, -0.05) is 11.6 Å². The molecule has 0 heterocycles. The molecule has 1 rings (SSSR count). The topological polar surface area (TPSA) is 41.9 Å². The first-order valence-electron chi connectivity index (χ1n) is 5.96. The first-order valence-corrected chi connectivity index (χ1v) is 6.33. The highest BCUT2D eigenvalue weighted by atomic mass is 35.5. The molecule has 21 heavy (non-hydrogen) atoms. The Labute approximate surface area is 125 Å². The van der Waals surface area contributed by atoms with Gasteiger partial charge in [-0.25, -0.2) is 9.79 Å². The van der Waals surface area contributed by atoms with Crippen LogP contribution in [0, 0.1) is 0 Å².